The van der Waals surface area contributed by atoms with Gasteiger partial charge in [0.15, 0.2) is 0 Å². The summed E-state index contributed by atoms with van der Waals surface area (Å²) in [5.74, 6) is 1.21. The minimum atomic E-state index is 1.00. The second-order valence-corrected chi connectivity index (χ2v) is 5.71. The predicted octanol–water partition coefficient (Wildman–Crippen LogP) is 3.80. The van der Waals surface area contributed by atoms with Crippen molar-refractivity contribution in [3.05, 3.63) is 40.6 Å². The largest absolute Gasteiger partial charge is 0.370 e. The number of benzene rings is 1. The number of nitrogens with one attached hydrogen (secondary N) is 1. The van der Waals surface area contributed by atoms with Crippen LogP contribution in [0.5, 0.6) is 0 Å². The lowest BCUT2D eigenvalue weighted by Crippen LogP contribution is -2.08. The van der Waals surface area contributed by atoms with Gasteiger partial charge >= 0.3 is 0 Å². The van der Waals surface area contributed by atoms with Gasteiger partial charge in [-0.1, -0.05) is 24.6 Å². The van der Waals surface area contributed by atoms with E-state index in [0.29, 0.717) is 0 Å². The summed E-state index contributed by atoms with van der Waals surface area (Å²) in [7, 11) is 0. The van der Waals surface area contributed by atoms with E-state index < -0.39 is 0 Å². The van der Waals surface area contributed by atoms with E-state index in [1.54, 1.807) is 0 Å². The Morgan fingerprint density at radius 2 is 2.10 bits per heavy atom. The highest BCUT2D eigenvalue weighted by Crippen LogP contribution is 2.29. The quantitative estimate of drug-likeness (QED) is 0.898. The van der Waals surface area contributed by atoms with E-state index in [0.717, 1.165) is 19.4 Å². The van der Waals surface area contributed by atoms with Crippen LogP contribution in [0.1, 0.15) is 42.1 Å². The highest BCUT2D eigenvalue weighted by Gasteiger charge is 2.20. The Morgan fingerprint density at radius 1 is 1.25 bits per heavy atom. The van der Waals surface area contributed by atoms with Crippen molar-refractivity contribution in [1.29, 1.82) is 0 Å². The van der Waals surface area contributed by atoms with Crippen molar-refractivity contribution in [1.82, 2.24) is 9.78 Å². The molecule has 0 atom stereocenters. The topological polar surface area (TPSA) is 29.9 Å². The number of hydrogen-bond acceptors (Lipinski definition) is 2. The molecule has 1 aliphatic rings. The molecule has 0 bridgehead atoms. The smallest absolute Gasteiger partial charge is 0.133 e. The van der Waals surface area contributed by atoms with Crippen LogP contribution in [0.15, 0.2) is 18.2 Å². The van der Waals surface area contributed by atoms with Gasteiger partial charge in [0.25, 0.3) is 0 Å². The van der Waals surface area contributed by atoms with E-state index in [-0.39, 0.29) is 0 Å². The molecule has 0 spiro atoms. The first-order valence-electron chi connectivity index (χ1n) is 7.63. The van der Waals surface area contributed by atoms with Gasteiger partial charge in [-0.2, -0.15) is 5.10 Å². The third kappa shape index (κ3) is 2.21. The van der Waals surface area contributed by atoms with Crippen LogP contribution in [0.4, 0.5) is 5.82 Å². The molecule has 0 unspecified atom stereocenters. The van der Waals surface area contributed by atoms with Crippen LogP contribution >= 0.6 is 0 Å². The van der Waals surface area contributed by atoms with Crippen molar-refractivity contribution >= 4 is 5.82 Å². The van der Waals surface area contributed by atoms with Gasteiger partial charge in [-0.3, -0.25) is 0 Å². The number of aromatic nitrogens is 2. The van der Waals surface area contributed by atoms with E-state index in [1.807, 2.05) is 0 Å². The summed E-state index contributed by atoms with van der Waals surface area (Å²) in [6, 6.07) is 6.58. The molecule has 0 fully saturated rings. The molecule has 106 valence electrons. The third-order valence-electron chi connectivity index (χ3n) is 4.13. The van der Waals surface area contributed by atoms with Gasteiger partial charge in [0.1, 0.15) is 5.82 Å². The summed E-state index contributed by atoms with van der Waals surface area (Å²) in [6.45, 7) is 7.54. The minimum absolute atomic E-state index is 1.00. The fourth-order valence-corrected chi connectivity index (χ4v) is 3.07. The summed E-state index contributed by atoms with van der Waals surface area (Å²) < 4.78 is 2.12. The fraction of sp³-hybridized carbons (Fsp3) is 0.471. The predicted molar refractivity (Wildman–Crippen MR) is 83.8 cm³/mol. The normalized spacial score (nSPS) is 14.6. The van der Waals surface area contributed by atoms with Gasteiger partial charge in [-0.05, 0) is 51.2 Å². The summed E-state index contributed by atoms with van der Waals surface area (Å²) in [5, 5.41) is 8.46. The zero-order valence-corrected chi connectivity index (χ0v) is 12.7. The van der Waals surface area contributed by atoms with Gasteiger partial charge in [0, 0.05) is 12.1 Å². The molecule has 0 amide bonds. The van der Waals surface area contributed by atoms with Gasteiger partial charge in [0.05, 0.1) is 11.4 Å². The molecule has 0 radical (unpaired) electrons. The highest BCUT2D eigenvalue weighted by atomic mass is 15.3. The lowest BCUT2D eigenvalue weighted by atomic mass is 10.1. The number of rotatable bonds is 2. The maximum Gasteiger partial charge on any atom is 0.133 e. The van der Waals surface area contributed by atoms with Crippen molar-refractivity contribution in [2.75, 3.05) is 11.9 Å². The van der Waals surface area contributed by atoms with Gasteiger partial charge in [-0.15, -0.1) is 0 Å². The van der Waals surface area contributed by atoms with E-state index in [2.05, 4.69) is 49.0 Å². The Kier molecular flexibility index (Phi) is 3.51. The molecule has 20 heavy (non-hydrogen) atoms. The maximum absolute atomic E-state index is 4.87. The third-order valence-corrected chi connectivity index (χ3v) is 4.13. The standard InChI is InChI=1S/C17H23N3/c1-4-15-14-7-5-6-10-18-17(14)20(19-15)16-9-8-12(2)11-13(16)3/h8-9,11,18H,4-7,10H2,1-3H3. The molecule has 0 aliphatic carbocycles. The molecule has 2 heterocycles. The van der Waals surface area contributed by atoms with Gasteiger partial charge in [-0.25, -0.2) is 4.68 Å². The SMILES string of the molecule is CCc1nn(-c2ccc(C)cc2C)c2c1CCCCN2. The minimum Gasteiger partial charge on any atom is -0.370 e. The summed E-state index contributed by atoms with van der Waals surface area (Å²) >= 11 is 0. The molecule has 1 aromatic carbocycles. The first kappa shape index (κ1) is 13.2. The van der Waals surface area contributed by atoms with Crippen molar-refractivity contribution < 1.29 is 0 Å². The molecule has 3 nitrogen and oxygen atoms in total. The van der Waals surface area contributed by atoms with Crippen molar-refractivity contribution in [2.45, 2.75) is 46.5 Å². The van der Waals surface area contributed by atoms with Crippen LogP contribution in [0.3, 0.4) is 0 Å². The van der Waals surface area contributed by atoms with Gasteiger partial charge < -0.3 is 5.32 Å². The lowest BCUT2D eigenvalue weighted by molar-refractivity contribution is 0.764. The van der Waals surface area contributed by atoms with E-state index in [9.17, 15) is 0 Å². The fourth-order valence-electron chi connectivity index (χ4n) is 3.07. The van der Waals surface area contributed by atoms with E-state index in [1.165, 1.54) is 46.7 Å². The lowest BCUT2D eigenvalue weighted by Gasteiger charge is -2.12. The molecule has 2 aromatic rings. The van der Waals surface area contributed by atoms with Crippen molar-refractivity contribution in [2.24, 2.45) is 0 Å². The van der Waals surface area contributed by atoms with Crippen LogP contribution in [-0.2, 0) is 12.8 Å². The summed E-state index contributed by atoms with van der Waals surface area (Å²) in [4.78, 5) is 0. The highest BCUT2D eigenvalue weighted by molar-refractivity contribution is 5.56. The van der Waals surface area contributed by atoms with Crippen LogP contribution < -0.4 is 5.32 Å². The molecular weight excluding hydrogens is 246 g/mol. The van der Waals surface area contributed by atoms with Crippen LogP contribution in [0.2, 0.25) is 0 Å². The zero-order chi connectivity index (χ0) is 14.1. The Bertz CT molecular complexity index is 625. The monoisotopic (exact) mass is 269 g/mol. The van der Waals surface area contributed by atoms with E-state index >= 15 is 0 Å². The molecule has 3 heteroatoms. The summed E-state index contributed by atoms with van der Waals surface area (Å²) in [6.07, 6.45) is 4.65. The zero-order valence-electron chi connectivity index (χ0n) is 12.7. The molecule has 1 N–H and O–H groups in total. The molecule has 0 saturated carbocycles. The number of hydrogen-bond donors (Lipinski definition) is 1. The first-order valence-corrected chi connectivity index (χ1v) is 7.63. The molecule has 1 aromatic heterocycles. The van der Waals surface area contributed by atoms with Crippen molar-refractivity contribution in [3.63, 3.8) is 0 Å². The molecular formula is C17H23N3. The molecule has 3 rings (SSSR count). The Hall–Kier alpha value is -1.77. The van der Waals surface area contributed by atoms with Crippen LogP contribution in [-0.4, -0.2) is 16.3 Å². The van der Waals surface area contributed by atoms with Gasteiger partial charge in [0.2, 0.25) is 0 Å². The number of nitrogens with zero attached hydrogens (tertiary/aromatic N) is 2. The second-order valence-electron chi connectivity index (χ2n) is 5.71. The van der Waals surface area contributed by atoms with Crippen molar-refractivity contribution in [3.8, 4) is 5.69 Å². The van der Waals surface area contributed by atoms with Crippen LogP contribution in [0, 0.1) is 13.8 Å². The average molecular weight is 269 g/mol. The molecule has 1 aliphatic heterocycles. The number of aryl methyl sites for hydroxylation is 3. The first-order chi connectivity index (χ1) is 9.70. The summed E-state index contributed by atoms with van der Waals surface area (Å²) in [5.41, 5.74) is 6.44. The second kappa shape index (κ2) is 5.31. The Morgan fingerprint density at radius 3 is 2.85 bits per heavy atom. The maximum atomic E-state index is 4.87. The number of anilines is 1. The van der Waals surface area contributed by atoms with Crippen LogP contribution in [0.25, 0.3) is 5.69 Å². The Balaban J connectivity index is 2.16. The average Bonchev–Trinajstić information content (AvgIpc) is 2.60. The van der Waals surface area contributed by atoms with E-state index in [4.69, 9.17) is 5.10 Å². The molecule has 0 saturated heterocycles. The Labute approximate surface area is 121 Å². The number of fused-ring (bicyclic) bond motifs is 1.